The number of benzene rings is 3. The van der Waals surface area contributed by atoms with Gasteiger partial charge < -0.3 is 4.74 Å². The van der Waals surface area contributed by atoms with Crippen molar-refractivity contribution in [2.45, 2.75) is 6.92 Å². The molecule has 0 atom stereocenters. The first-order valence-corrected chi connectivity index (χ1v) is 6.15. The van der Waals surface area contributed by atoms with Gasteiger partial charge in [0.25, 0.3) is 0 Å². The van der Waals surface area contributed by atoms with E-state index in [2.05, 4.69) is 0 Å². The van der Waals surface area contributed by atoms with Gasteiger partial charge in [0.2, 0.25) is 0 Å². The summed E-state index contributed by atoms with van der Waals surface area (Å²) in [7, 11) is 0. The molecule has 3 aromatic carbocycles. The molecule has 0 saturated carbocycles. The third kappa shape index (κ3) is 2.43. The summed E-state index contributed by atoms with van der Waals surface area (Å²) in [6, 6.07) is 18.2. The van der Waals surface area contributed by atoms with Gasteiger partial charge in [-0.25, -0.2) is 4.39 Å². The monoisotopic (exact) mass is 252 g/mol. The van der Waals surface area contributed by atoms with E-state index in [0.717, 1.165) is 27.8 Å². The van der Waals surface area contributed by atoms with E-state index in [1.54, 1.807) is 6.07 Å². The van der Waals surface area contributed by atoms with E-state index in [9.17, 15) is 4.39 Å². The minimum Gasteiger partial charge on any atom is -0.457 e. The molecule has 19 heavy (non-hydrogen) atoms. The van der Waals surface area contributed by atoms with E-state index in [-0.39, 0.29) is 5.82 Å². The second-order valence-corrected chi connectivity index (χ2v) is 4.54. The molecule has 0 fully saturated rings. The molecule has 0 amide bonds. The molecule has 0 spiro atoms. The summed E-state index contributed by atoms with van der Waals surface area (Å²) < 4.78 is 19.2. The van der Waals surface area contributed by atoms with Crippen LogP contribution in [-0.4, -0.2) is 0 Å². The molecule has 0 bridgehead atoms. The molecule has 0 unspecified atom stereocenters. The predicted octanol–water partition coefficient (Wildman–Crippen LogP) is 5.08. The van der Waals surface area contributed by atoms with Gasteiger partial charge >= 0.3 is 0 Å². The second kappa shape index (κ2) is 4.73. The number of hydrogen-bond acceptors (Lipinski definition) is 1. The Morgan fingerprint density at radius 3 is 2.47 bits per heavy atom. The summed E-state index contributed by atoms with van der Waals surface area (Å²) in [5, 5.41) is 1.77. The Bertz CT molecular complexity index is 715. The number of rotatable bonds is 2. The molecule has 3 rings (SSSR count). The van der Waals surface area contributed by atoms with Crippen molar-refractivity contribution in [3.63, 3.8) is 0 Å². The highest BCUT2D eigenvalue weighted by Gasteiger charge is 2.06. The van der Waals surface area contributed by atoms with Crippen LogP contribution in [0.2, 0.25) is 0 Å². The van der Waals surface area contributed by atoms with Crippen molar-refractivity contribution < 1.29 is 9.13 Å². The molecule has 1 nitrogen and oxygen atoms in total. The van der Waals surface area contributed by atoms with Gasteiger partial charge in [-0.1, -0.05) is 24.3 Å². The van der Waals surface area contributed by atoms with Crippen molar-refractivity contribution in [2.75, 3.05) is 0 Å². The number of para-hydroxylation sites is 1. The molecule has 3 aromatic rings. The minimum atomic E-state index is -0.233. The summed E-state index contributed by atoms with van der Waals surface area (Å²) in [5.41, 5.74) is 1.05. The standard InChI is InChI=1S/C17H13FO/c1-12-9-13-11-14(18)7-8-16(13)17(10-12)19-15-5-3-2-4-6-15/h2-11H,1H3. The zero-order valence-electron chi connectivity index (χ0n) is 10.6. The lowest BCUT2D eigenvalue weighted by molar-refractivity contribution is 0.488. The van der Waals surface area contributed by atoms with Crippen LogP contribution in [0.4, 0.5) is 4.39 Å². The normalized spacial score (nSPS) is 10.6. The number of aryl methyl sites for hydroxylation is 1. The van der Waals surface area contributed by atoms with Gasteiger partial charge in [-0.2, -0.15) is 0 Å². The Morgan fingerprint density at radius 1 is 0.895 bits per heavy atom. The first kappa shape index (κ1) is 11.7. The van der Waals surface area contributed by atoms with Gasteiger partial charge in [-0.15, -0.1) is 0 Å². The van der Waals surface area contributed by atoms with Gasteiger partial charge in [-0.3, -0.25) is 0 Å². The fourth-order valence-corrected chi connectivity index (χ4v) is 2.15. The summed E-state index contributed by atoms with van der Waals surface area (Å²) in [5.74, 6) is 1.30. The van der Waals surface area contributed by atoms with Crippen LogP contribution in [0.5, 0.6) is 11.5 Å². The molecular weight excluding hydrogens is 239 g/mol. The third-order valence-corrected chi connectivity index (χ3v) is 2.99. The Hall–Kier alpha value is -2.35. The Morgan fingerprint density at radius 2 is 1.68 bits per heavy atom. The van der Waals surface area contributed by atoms with E-state index in [1.165, 1.54) is 12.1 Å². The van der Waals surface area contributed by atoms with Gasteiger partial charge in [0.15, 0.2) is 0 Å². The van der Waals surface area contributed by atoms with E-state index < -0.39 is 0 Å². The van der Waals surface area contributed by atoms with Crippen LogP contribution in [0, 0.1) is 12.7 Å². The smallest absolute Gasteiger partial charge is 0.135 e. The fraction of sp³-hybridized carbons (Fsp3) is 0.0588. The second-order valence-electron chi connectivity index (χ2n) is 4.54. The van der Waals surface area contributed by atoms with Crippen molar-refractivity contribution in [2.24, 2.45) is 0 Å². The largest absolute Gasteiger partial charge is 0.457 e. The molecule has 94 valence electrons. The quantitative estimate of drug-likeness (QED) is 0.618. The van der Waals surface area contributed by atoms with Crippen LogP contribution >= 0.6 is 0 Å². The lowest BCUT2D eigenvalue weighted by atomic mass is 10.1. The van der Waals surface area contributed by atoms with Crippen LogP contribution in [0.25, 0.3) is 10.8 Å². The van der Waals surface area contributed by atoms with Gasteiger partial charge in [0, 0.05) is 5.39 Å². The summed E-state index contributed by atoms with van der Waals surface area (Å²) in [6.07, 6.45) is 0. The molecule has 0 aromatic heterocycles. The zero-order chi connectivity index (χ0) is 13.2. The third-order valence-electron chi connectivity index (χ3n) is 2.99. The highest BCUT2D eigenvalue weighted by atomic mass is 19.1. The first-order valence-electron chi connectivity index (χ1n) is 6.15. The van der Waals surface area contributed by atoms with Gasteiger partial charge in [0.05, 0.1) is 0 Å². The first-order chi connectivity index (χ1) is 9.22. The number of fused-ring (bicyclic) bond motifs is 1. The van der Waals surface area contributed by atoms with Crippen LogP contribution in [0.15, 0.2) is 60.7 Å². The molecule has 0 aliphatic heterocycles. The maximum Gasteiger partial charge on any atom is 0.135 e. The number of ether oxygens (including phenoxy) is 1. The average Bonchev–Trinajstić information content (AvgIpc) is 2.39. The van der Waals surface area contributed by atoms with Crippen molar-refractivity contribution in [3.8, 4) is 11.5 Å². The van der Waals surface area contributed by atoms with Crippen molar-refractivity contribution in [1.82, 2.24) is 0 Å². The zero-order valence-corrected chi connectivity index (χ0v) is 10.6. The van der Waals surface area contributed by atoms with Crippen LogP contribution in [0.3, 0.4) is 0 Å². The Balaban J connectivity index is 2.12. The molecule has 0 aliphatic carbocycles. The number of hydrogen-bond donors (Lipinski definition) is 0. The molecule has 0 saturated heterocycles. The SMILES string of the molecule is Cc1cc(Oc2ccccc2)c2ccc(F)cc2c1. The lowest BCUT2D eigenvalue weighted by Gasteiger charge is -2.10. The highest BCUT2D eigenvalue weighted by Crippen LogP contribution is 2.31. The van der Waals surface area contributed by atoms with Crippen LogP contribution in [0.1, 0.15) is 5.56 Å². The molecule has 2 heteroatoms. The van der Waals surface area contributed by atoms with E-state index >= 15 is 0 Å². The Labute approximate surface area is 111 Å². The summed E-state index contributed by atoms with van der Waals surface area (Å²) in [4.78, 5) is 0. The highest BCUT2D eigenvalue weighted by molar-refractivity contribution is 5.89. The molecule has 0 radical (unpaired) electrons. The topological polar surface area (TPSA) is 9.23 Å². The van der Waals surface area contributed by atoms with Gasteiger partial charge in [0.1, 0.15) is 17.3 Å². The maximum atomic E-state index is 13.3. The van der Waals surface area contributed by atoms with Crippen molar-refractivity contribution in [3.05, 3.63) is 72.0 Å². The molecule has 0 heterocycles. The average molecular weight is 252 g/mol. The Kier molecular flexibility index (Phi) is 2.92. The molecular formula is C17H13FO. The fourth-order valence-electron chi connectivity index (χ4n) is 2.15. The summed E-state index contributed by atoms with van der Waals surface area (Å²) in [6.45, 7) is 1.97. The van der Waals surface area contributed by atoms with E-state index in [4.69, 9.17) is 4.74 Å². The van der Waals surface area contributed by atoms with Crippen molar-refractivity contribution >= 4 is 10.8 Å². The minimum absolute atomic E-state index is 0.233. The van der Waals surface area contributed by atoms with Crippen molar-refractivity contribution in [1.29, 1.82) is 0 Å². The predicted molar refractivity (Wildman–Crippen MR) is 75.2 cm³/mol. The van der Waals surface area contributed by atoms with Gasteiger partial charge in [-0.05, 0) is 54.3 Å². The van der Waals surface area contributed by atoms with E-state index in [0.29, 0.717) is 0 Å². The lowest BCUT2D eigenvalue weighted by Crippen LogP contribution is -1.88. The maximum absolute atomic E-state index is 13.3. The van der Waals surface area contributed by atoms with E-state index in [1.807, 2.05) is 49.4 Å². The summed E-state index contributed by atoms with van der Waals surface area (Å²) >= 11 is 0. The molecule has 0 aliphatic rings. The molecule has 0 N–H and O–H groups in total. The number of halogens is 1. The van der Waals surface area contributed by atoms with Crippen LogP contribution < -0.4 is 4.74 Å². The van der Waals surface area contributed by atoms with Crippen LogP contribution in [-0.2, 0) is 0 Å².